The van der Waals surface area contributed by atoms with Crippen LogP contribution in [0.15, 0.2) is 30.6 Å². The van der Waals surface area contributed by atoms with E-state index < -0.39 is 24.8 Å². The maximum atomic E-state index is 13.9. The number of halogens is 2. The van der Waals surface area contributed by atoms with E-state index in [-0.39, 0.29) is 24.3 Å². The van der Waals surface area contributed by atoms with Crippen LogP contribution >= 0.6 is 0 Å². The molecule has 2 atom stereocenters. The Bertz CT molecular complexity index is 1320. The zero-order valence-electron chi connectivity index (χ0n) is 20.7. The minimum Gasteiger partial charge on any atom is -0.350 e. The lowest BCUT2D eigenvalue weighted by Gasteiger charge is -2.28. The number of nitrogens with one attached hydrogen (secondary N) is 2. The zero-order chi connectivity index (χ0) is 25.7. The molecular formula is C26H31F2N7O2. The van der Waals surface area contributed by atoms with Gasteiger partial charge in [-0.2, -0.15) is 10.2 Å². The minimum absolute atomic E-state index is 0.124. The second-order valence-corrected chi connectivity index (χ2v) is 10.7. The monoisotopic (exact) mass is 511 g/mol. The average molecular weight is 512 g/mol. The van der Waals surface area contributed by atoms with Crippen molar-refractivity contribution in [2.45, 2.75) is 64.0 Å². The number of imidazole rings is 1. The predicted molar refractivity (Wildman–Crippen MR) is 130 cm³/mol. The molecule has 2 amide bonds. The van der Waals surface area contributed by atoms with E-state index in [2.05, 4.69) is 20.8 Å². The fourth-order valence-corrected chi connectivity index (χ4v) is 5.75. The molecule has 9 nitrogen and oxygen atoms in total. The molecule has 2 aliphatic carbocycles. The molecule has 4 heterocycles. The maximum Gasteiger partial charge on any atom is 0.270 e. The maximum absolute atomic E-state index is 13.9. The van der Waals surface area contributed by atoms with Crippen LogP contribution < -0.4 is 10.6 Å². The van der Waals surface area contributed by atoms with Crippen LogP contribution in [0.3, 0.4) is 0 Å². The van der Waals surface area contributed by atoms with Crippen LogP contribution in [0.2, 0.25) is 0 Å². The molecule has 11 heteroatoms. The minimum atomic E-state index is -2.91. The Hall–Kier alpha value is -3.37. The summed E-state index contributed by atoms with van der Waals surface area (Å²) in [6.45, 7) is 1.93. The van der Waals surface area contributed by atoms with Gasteiger partial charge in [0.1, 0.15) is 5.69 Å². The Morgan fingerprint density at radius 3 is 2.68 bits per heavy atom. The number of nitrogens with zero attached hydrogens (tertiary/aromatic N) is 5. The lowest BCUT2D eigenvalue weighted by Crippen LogP contribution is -2.48. The predicted octanol–water partition coefficient (Wildman–Crippen LogP) is 3.17. The number of aromatic nitrogens is 5. The van der Waals surface area contributed by atoms with E-state index in [0.717, 1.165) is 31.4 Å². The Morgan fingerprint density at radius 1 is 1.22 bits per heavy atom. The molecule has 6 rings (SSSR count). The van der Waals surface area contributed by atoms with Crippen molar-refractivity contribution >= 4 is 17.5 Å². The molecule has 2 saturated carbocycles. The number of carbonyl (C=O) groups excluding carboxylic acids is 2. The Morgan fingerprint density at radius 2 is 1.97 bits per heavy atom. The lowest BCUT2D eigenvalue weighted by atomic mass is 9.87. The van der Waals surface area contributed by atoms with Gasteiger partial charge in [0.25, 0.3) is 11.8 Å². The van der Waals surface area contributed by atoms with Crippen LogP contribution in [0.4, 0.5) is 8.78 Å². The van der Waals surface area contributed by atoms with Crippen LogP contribution in [0.5, 0.6) is 0 Å². The van der Waals surface area contributed by atoms with E-state index in [1.807, 2.05) is 13.1 Å². The summed E-state index contributed by atoms with van der Waals surface area (Å²) >= 11 is 0. The van der Waals surface area contributed by atoms with Crippen LogP contribution in [-0.4, -0.2) is 48.7 Å². The second-order valence-electron chi connectivity index (χ2n) is 10.7. The summed E-state index contributed by atoms with van der Waals surface area (Å²) in [6, 6.07) is 4.99. The number of hydrogen-bond acceptors (Lipinski definition) is 5. The molecule has 0 aromatic carbocycles. The summed E-state index contributed by atoms with van der Waals surface area (Å²) < 4.78 is 31.0. The number of alkyl halides is 2. The first-order chi connectivity index (χ1) is 17.8. The molecule has 3 aliphatic rings. The van der Waals surface area contributed by atoms with Crippen LogP contribution in [0.25, 0.3) is 5.65 Å². The fourth-order valence-electron chi connectivity index (χ4n) is 5.75. The van der Waals surface area contributed by atoms with Crippen molar-refractivity contribution in [1.29, 1.82) is 0 Å². The number of piperidine rings is 1. The summed E-state index contributed by atoms with van der Waals surface area (Å²) in [5, 5.41) is 14.4. The standard InChI is InChI=1S/C26H31F2N7O2/c1-2-34-20(9-10-30-34)25(37)32-23(22(15-3-4-15)16-5-6-16)19-13-35-21(31-19)8-7-18(33-35)11-17-12-26(27,28)14-29-24(17)36/h7-10,13,15-17,22-23H,2-6,11-12,14H2,1H3,(H,29,36)(H,32,37). The summed E-state index contributed by atoms with van der Waals surface area (Å²) in [5.74, 6) is -2.86. The topological polar surface area (TPSA) is 106 Å². The smallest absolute Gasteiger partial charge is 0.270 e. The van der Waals surface area contributed by atoms with Gasteiger partial charge in [-0.3, -0.25) is 14.3 Å². The quantitative estimate of drug-likeness (QED) is 0.459. The van der Waals surface area contributed by atoms with Crippen molar-refractivity contribution in [3.05, 3.63) is 47.7 Å². The SMILES string of the molecule is CCn1nccc1C(=O)NC(c1cn2nc(CC3CC(F)(F)CNC3=O)ccc2n1)C(C1CC1)C1CC1. The average Bonchev–Trinajstić information content (AvgIpc) is 3.79. The van der Waals surface area contributed by atoms with E-state index in [4.69, 9.17) is 4.98 Å². The van der Waals surface area contributed by atoms with Gasteiger partial charge < -0.3 is 10.6 Å². The highest BCUT2D eigenvalue weighted by atomic mass is 19.3. The third-order valence-electron chi connectivity index (χ3n) is 7.86. The first-order valence-electron chi connectivity index (χ1n) is 13.1. The summed E-state index contributed by atoms with van der Waals surface area (Å²) in [5.41, 5.74) is 2.42. The summed E-state index contributed by atoms with van der Waals surface area (Å²) in [7, 11) is 0. The zero-order valence-corrected chi connectivity index (χ0v) is 20.7. The van der Waals surface area contributed by atoms with Gasteiger partial charge in [0.2, 0.25) is 5.91 Å². The van der Waals surface area contributed by atoms with Gasteiger partial charge in [0.05, 0.1) is 30.2 Å². The van der Waals surface area contributed by atoms with Gasteiger partial charge in [0.15, 0.2) is 5.65 Å². The van der Waals surface area contributed by atoms with Crippen molar-refractivity contribution in [3.63, 3.8) is 0 Å². The number of carbonyl (C=O) groups is 2. The van der Waals surface area contributed by atoms with Gasteiger partial charge >= 0.3 is 0 Å². The highest BCUT2D eigenvalue weighted by Crippen LogP contribution is 2.54. The number of fused-ring (bicyclic) bond motifs is 1. The molecule has 2 unspecified atom stereocenters. The second kappa shape index (κ2) is 9.18. The highest BCUT2D eigenvalue weighted by molar-refractivity contribution is 5.92. The molecule has 0 bridgehead atoms. The lowest BCUT2D eigenvalue weighted by molar-refractivity contribution is -0.136. The normalized spacial score (nSPS) is 22.3. The Balaban J connectivity index is 1.28. The molecule has 2 N–H and O–H groups in total. The first kappa shape index (κ1) is 24.0. The number of hydrogen-bond donors (Lipinski definition) is 2. The molecule has 37 heavy (non-hydrogen) atoms. The van der Waals surface area contributed by atoms with E-state index >= 15 is 0 Å². The first-order valence-corrected chi connectivity index (χ1v) is 13.1. The molecule has 3 aromatic rings. The van der Waals surface area contributed by atoms with Gasteiger partial charge in [-0.15, -0.1) is 0 Å². The van der Waals surface area contributed by atoms with Gasteiger partial charge in [-0.05, 0) is 68.6 Å². The van der Waals surface area contributed by atoms with Gasteiger partial charge in [0, 0.05) is 31.5 Å². The summed E-state index contributed by atoms with van der Waals surface area (Å²) in [4.78, 5) is 30.3. The Kier molecular flexibility index (Phi) is 5.95. The Labute approximate surface area is 213 Å². The molecule has 196 valence electrons. The van der Waals surface area contributed by atoms with Crippen molar-refractivity contribution in [2.24, 2.45) is 23.7 Å². The highest BCUT2D eigenvalue weighted by Gasteiger charge is 2.47. The van der Waals surface area contributed by atoms with E-state index in [0.29, 0.717) is 41.3 Å². The molecular weight excluding hydrogens is 480 g/mol. The van der Waals surface area contributed by atoms with Crippen molar-refractivity contribution in [1.82, 2.24) is 35.0 Å². The largest absolute Gasteiger partial charge is 0.350 e. The van der Waals surface area contributed by atoms with Crippen LogP contribution in [0.1, 0.15) is 66.9 Å². The molecule has 0 spiro atoms. The van der Waals surface area contributed by atoms with Gasteiger partial charge in [-0.25, -0.2) is 18.3 Å². The van der Waals surface area contributed by atoms with Crippen LogP contribution in [0, 0.1) is 23.7 Å². The third-order valence-corrected chi connectivity index (χ3v) is 7.86. The molecule has 3 aromatic heterocycles. The van der Waals surface area contributed by atoms with Crippen molar-refractivity contribution in [3.8, 4) is 0 Å². The van der Waals surface area contributed by atoms with E-state index in [9.17, 15) is 18.4 Å². The fraction of sp³-hybridized carbons (Fsp3) is 0.577. The van der Waals surface area contributed by atoms with Gasteiger partial charge in [-0.1, -0.05) is 0 Å². The number of rotatable bonds is 9. The molecule has 3 fully saturated rings. The van der Waals surface area contributed by atoms with Crippen molar-refractivity contribution in [2.75, 3.05) is 6.54 Å². The molecule has 1 saturated heterocycles. The number of aryl methyl sites for hydroxylation is 1. The van der Waals surface area contributed by atoms with E-state index in [1.54, 1.807) is 33.6 Å². The third kappa shape index (κ3) is 4.95. The van der Waals surface area contributed by atoms with Crippen LogP contribution in [-0.2, 0) is 17.8 Å². The van der Waals surface area contributed by atoms with Crippen molar-refractivity contribution < 1.29 is 18.4 Å². The van der Waals surface area contributed by atoms with E-state index in [1.165, 1.54) is 0 Å². The summed E-state index contributed by atoms with van der Waals surface area (Å²) in [6.07, 6.45) is 7.72. The molecule has 0 radical (unpaired) electrons. The molecule has 1 aliphatic heterocycles. The number of amides is 2.